The molecule has 2 atom stereocenters. The van der Waals surface area contributed by atoms with Gasteiger partial charge in [0.05, 0.1) is 10.4 Å². The van der Waals surface area contributed by atoms with E-state index in [2.05, 4.69) is 23.2 Å². The van der Waals surface area contributed by atoms with Gasteiger partial charge in [0, 0.05) is 26.5 Å². The summed E-state index contributed by atoms with van der Waals surface area (Å²) in [4.78, 5) is 12.9. The zero-order valence-electron chi connectivity index (χ0n) is 13.5. The fraction of sp³-hybridized carbons (Fsp3) is 0.278. The zero-order valence-corrected chi connectivity index (χ0v) is 15.9. The normalized spacial score (nSPS) is 20.2. The van der Waals surface area contributed by atoms with Gasteiger partial charge < -0.3 is 5.73 Å². The van der Waals surface area contributed by atoms with E-state index < -0.39 is 5.91 Å². The molecule has 0 spiro atoms. The van der Waals surface area contributed by atoms with Crippen molar-refractivity contribution in [2.75, 3.05) is 5.75 Å². The molecule has 0 radical (unpaired) electrons. The molecule has 4 nitrogen and oxygen atoms in total. The van der Waals surface area contributed by atoms with E-state index in [1.54, 1.807) is 0 Å². The highest BCUT2D eigenvalue weighted by Gasteiger charge is 2.30. The minimum atomic E-state index is -0.539. The number of fused-ring (bicyclic) bond motifs is 1. The van der Waals surface area contributed by atoms with Crippen LogP contribution in [0, 0.1) is 0 Å². The third-order valence-corrected chi connectivity index (χ3v) is 7.34. The van der Waals surface area contributed by atoms with Crippen LogP contribution in [0.2, 0.25) is 5.02 Å². The molecule has 3 aromatic rings. The summed E-state index contributed by atoms with van der Waals surface area (Å²) in [6, 6.07) is 9.79. The second kappa shape index (κ2) is 6.59. The molecule has 1 aromatic carbocycles. The van der Waals surface area contributed by atoms with E-state index in [0.29, 0.717) is 16.2 Å². The van der Waals surface area contributed by atoms with Gasteiger partial charge in [0.15, 0.2) is 5.69 Å². The van der Waals surface area contributed by atoms with E-state index in [9.17, 15) is 4.79 Å². The lowest BCUT2D eigenvalue weighted by Crippen LogP contribution is -2.16. The van der Waals surface area contributed by atoms with Crippen molar-refractivity contribution in [3.8, 4) is 10.4 Å². The Bertz CT molecular complexity index is 955. The van der Waals surface area contributed by atoms with Crippen LogP contribution in [0.1, 0.15) is 35.4 Å². The third-order valence-electron chi connectivity index (χ3n) is 4.57. The predicted octanol–water partition coefficient (Wildman–Crippen LogP) is 4.72. The monoisotopic (exact) mass is 389 g/mol. The molecule has 1 fully saturated rings. The van der Waals surface area contributed by atoms with E-state index in [0.717, 1.165) is 38.4 Å². The predicted molar refractivity (Wildman–Crippen MR) is 106 cm³/mol. The summed E-state index contributed by atoms with van der Waals surface area (Å²) >= 11 is 9.48. The van der Waals surface area contributed by atoms with E-state index in [1.807, 2.05) is 36.0 Å². The molecule has 3 heterocycles. The standard InChI is InChI=1S/C18H16ClN3OS2/c1-9-12(6-7-24-9)15-13-8-14(10-2-4-11(19)5-3-10)25-17(13)16(18(20)23)22-21-15/h2-5,8-9,12H,6-7H2,1H3,(H2,20,23). The highest BCUT2D eigenvalue weighted by Crippen LogP contribution is 2.44. The van der Waals surface area contributed by atoms with Gasteiger partial charge in [-0.05, 0) is 35.9 Å². The molecule has 128 valence electrons. The number of nitrogens with zero attached hydrogens (tertiary/aromatic N) is 2. The van der Waals surface area contributed by atoms with Gasteiger partial charge in [0.25, 0.3) is 5.91 Å². The number of hydrogen-bond donors (Lipinski definition) is 1. The Balaban J connectivity index is 1.91. The van der Waals surface area contributed by atoms with Crippen molar-refractivity contribution >= 4 is 50.7 Å². The van der Waals surface area contributed by atoms with Crippen molar-refractivity contribution in [1.29, 1.82) is 0 Å². The molecule has 25 heavy (non-hydrogen) atoms. The maximum absolute atomic E-state index is 11.8. The van der Waals surface area contributed by atoms with Gasteiger partial charge in [-0.15, -0.1) is 16.4 Å². The summed E-state index contributed by atoms with van der Waals surface area (Å²) in [5, 5.41) is 10.8. The maximum Gasteiger partial charge on any atom is 0.270 e. The number of benzene rings is 1. The molecular formula is C18H16ClN3OS2. The SMILES string of the molecule is CC1SCCC1c1nnc(C(N)=O)c2sc(-c3ccc(Cl)cc3)cc12. The fourth-order valence-corrected chi connectivity index (χ4v) is 5.79. The molecule has 0 bridgehead atoms. The summed E-state index contributed by atoms with van der Waals surface area (Å²) in [5.41, 5.74) is 7.81. The van der Waals surface area contributed by atoms with E-state index >= 15 is 0 Å². The lowest BCUT2D eigenvalue weighted by atomic mass is 9.96. The highest BCUT2D eigenvalue weighted by atomic mass is 35.5. The highest BCUT2D eigenvalue weighted by molar-refractivity contribution is 8.00. The molecule has 1 saturated heterocycles. The number of thioether (sulfide) groups is 1. The number of halogens is 1. The van der Waals surface area contributed by atoms with Crippen LogP contribution in [0.3, 0.4) is 0 Å². The van der Waals surface area contributed by atoms with Crippen molar-refractivity contribution in [3.05, 3.63) is 46.7 Å². The molecule has 0 saturated carbocycles. The molecule has 2 N–H and O–H groups in total. The second-order valence-corrected chi connectivity index (χ2v) is 9.10. The number of amides is 1. The van der Waals surface area contributed by atoms with Crippen LogP contribution in [-0.4, -0.2) is 27.1 Å². The van der Waals surface area contributed by atoms with E-state index in [1.165, 1.54) is 11.3 Å². The summed E-state index contributed by atoms with van der Waals surface area (Å²) < 4.78 is 0.826. The number of carbonyl (C=O) groups is 1. The quantitative estimate of drug-likeness (QED) is 0.703. The smallest absolute Gasteiger partial charge is 0.270 e. The number of carbonyl (C=O) groups excluding carboxylic acids is 1. The average molecular weight is 390 g/mol. The number of nitrogens with two attached hydrogens (primary N) is 1. The number of hydrogen-bond acceptors (Lipinski definition) is 5. The van der Waals surface area contributed by atoms with Crippen LogP contribution in [0.5, 0.6) is 0 Å². The van der Waals surface area contributed by atoms with Gasteiger partial charge in [-0.3, -0.25) is 4.79 Å². The van der Waals surface area contributed by atoms with Crippen molar-refractivity contribution in [3.63, 3.8) is 0 Å². The van der Waals surface area contributed by atoms with Gasteiger partial charge in [0.2, 0.25) is 0 Å². The van der Waals surface area contributed by atoms with Crippen molar-refractivity contribution < 1.29 is 4.79 Å². The summed E-state index contributed by atoms with van der Waals surface area (Å²) in [6.07, 6.45) is 1.08. The first-order valence-corrected chi connectivity index (χ1v) is 10.3. The Kier molecular flexibility index (Phi) is 4.43. The minimum absolute atomic E-state index is 0.252. The third kappa shape index (κ3) is 3.03. The molecule has 4 rings (SSSR count). The largest absolute Gasteiger partial charge is 0.364 e. The Morgan fingerprint density at radius 2 is 2.04 bits per heavy atom. The Morgan fingerprint density at radius 1 is 1.28 bits per heavy atom. The van der Waals surface area contributed by atoms with E-state index in [-0.39, 0.29) is 5.69 Å². The van der Waals surface area contributed by atoms with Gasteiger partial charge in [0.1, 0.15) is 0 Å². The average Bonchev–Trinajstić information content (AvgIpc) is 3.21. The second-order valence-electron chi connectivity index (χ2n) is 6.13. The Labute approximate surface area is 158 Å². The zero-order chi connectivity index (χ0) is 17.6. The lowest BCUT2D eigenvalue weighted by molar-refractivity contribution is 0.0996. The van der Waals surface area contributed by atoms with Crippen LogP contribution in [0.25, 0.3) is 20.5 Å². The van der Waals surface area contributed by atoms with Gasteiger partial charge in [-0.1, -0.05) is 30.7 Å². The number of rotatable bonds is 3. The molecule has 7 heteroatoms. The van der Waals surface area contributed by atoms with Crippen molar-refractivity contribution in [2.45, 2.75) is 24.5 Å². The van der Waals surface area contributed by atoms with Crippen molar-refractivity contribution in [1.82, 2.24) is 10.2 Å². The molecule has 2 unspecified atom stereocenters. The molecule has 1 amide bonds. The molecule has 1 aliphatic heterocycles. The first-order chi connectivity index (χ1) is 12.0. The molecule has 2 aromatic heterocycles. The van der Waals surface area contributed by atoms with E-state index in [4.69, 9.17) is 17.3 Å². The summed E-state index contributed by atoms with van der Waals surface area (Å²) in [5.74, 6) is 0.942. The first kappa shape index (κ1) is 16.8. The van der Waals surface area contributed by atoms with Crippen LogP contribution in [0.15, 0.2) is 30.3 Å². The molecule has 1 aliphatic rings. The van der Waals surface area contributed by atoms with Crippen LogP contribution in [0.4, 0.5) is 0 Å². The Hall–Kier alpha value is -1.63. The van der Waals surface area contributed by atoms with Gasteiger partial charge >= 0.3 is 0 Å². The maximum atomic E-state index is 11.8. The minimum Gasteiger partial charge on any atom is -0.364 e. The number of thiophene rings is 1. The van der Waals surface area contributed by atoms with Crippen LogP contribution >= 0.6 is 34.7 Å². The topological polar surface area (TPSA) is 68.9 Å². The van der Waals surface area contributed by atoms with Gasteiger partial charge in [-0.2, -0.15) is 16.9 Å². The lowest BCUT2D eigenvalue weighted by Gasteiger charge is -2.14. The Morgan fingerprint density at radius 3 is 2.68 bits per heavy atom. The molecular weight excluding hydrogens is 374 g/mol. The first-order valence-electron chi connectivity index (χ1n) is 8.02. The molecule has 0 aliphatic carbocycles. The van der Waals surface area contributed by atoms with Crippen LogP contribution < -0.4 is 5.73 Å². The van der Waals surface area contributed by atoms with Gasteiger partial charge in [-0.25, -0.2) is 0 Å². The fourth-order valence-electron chi connectivity index (χ4n) is 3.24. The summed E-state index contributed by atoms with van der Waals surface area (Å²) in [6.45, 7) is 2.23. The van der Waals surface area contributed by atoms with Crippen LogP contribution in [-0.2, 0) is 0 Å². The van der Waals surface area contributed by atoms with Crippen molar-refractivity contribution in [2.24, 2.45) is 5.73 Å². The number of aromatic nitrogens is 2. The summed E-state index contributed by atoms with van der Waals surface area (Å²) in [7, 11) is 0. The number of primary amides is 1.